The molecule has 1 amide bonds. The standard InChI is InChI=1S/C17H12N2O3S/c20-16(15-2-1-9-23-15)19-13-7-8-14(18-10-13)11-3-5-12(6-4-11)17(21)22/h1-10H,(H,19,20)(H,21,22). The Labute approximate surface area is 136 Å². The van der Waals surface area contributed by atoms with Crippen LogP contribution < -0.4 is 5.32 Å². The first-order valence-electron chi connectivity index (χ1n) is 6.78. The molecule has 0 saturated heterocycles. The van der Waals surface area contributed by atoms with Gasteiger partial charge in [-0.2, -0.15) is 0 Å². The summed E-state index contributed by atoms with van der Waals surface area (Å²) in [5.74, 6) is -1.13. The zero-order valence-electron chi connectivity index (χ0n) is 11.9. The molecule has 23 heavy (non-hydrogen) atoms. The number of hydrogen-bond donors (Lipinski definition) is 2. The topological polar surface area (TPSA) is 79.3 Å². The van der Waals surface area contributed by atoms with Crippen LogP contribution in [0.4, 0.5) is 5.69 Å². The van der Waals surface area contributed by atoms with Gasteiger partial charge in [0.05, 0.1) is 28.0 Å². The van der Waals surface area contributed by atoms with E-state index in [1.165, 1.54) is 23.5 Å². The quantitative estimate of drug-likeness (QED) is 0.766. The number of nitrogens with zero attached hydrogens (tertiary/aromatic N) is 1. The van der Waals surface area contributed by atoms with Crippen LogP contribution in [-0.4, -0.2) is 22.0 Å². The second-order valence-corrected chi connectivity index (χ2v) is 5.69. The fourth-order valence-corrected chi connectivity index (χ4v) is 2.64. The van der Waals surface area contributed by atoms with Crippen LogP contribution in [0, 0.1) is 0 Å². The third-order valence-electron chi connectivity index (χ3n) is 3.19. The molecule has 0 radical (unpaired) electrons. The maximum atomic E-state index is 11.9. The first-order chi connectivity index (χ1) is 11.1. The average Bonchev–Trinajstić information content (AvgIpc) is 3.10. The molecule has 0 fully saturated rings. The highest BCUT2D eigenvalue weighted by Crippen LogP contribution is 2.20. The zero-order chi connectivity index (χ0) is 16.2. The summed E-state index contributed by atoms with van der Waals surface area (Å²) in [6.45, 7) is 0. The van der Waals surface area contributed by atoms with Crippen LogP contribution in [0.1, 0.15) is 20.0 Å². The van der Waals surface area contributed by atoms with Crippen LogP contribution in [0.2, 0.25) is 0 Å². The summed E-state index contributed by atoms with van der Waals surface area (Å²) >= 11 is 1.37. The Bertz CT molecular complexity index is 825. The number of aromatic carboxylic acids is 1. The van der Waals surface area contributed by atoms with Gasteiger partial charge in [0.15, 0.2) is 0 Å². The van der Waals surface area contributed by atoms with Crippen LogP contribution in [0.5, 0.6) is 0 Å². The Kier molecular flexibility index (Phi) is 4.16. The maximum absolute atomic E-state index is 11.9. The number of amides is 1. The van der Waals surface area contributed by atoms with Crippen LogP contribution in [-0.2, 0) is 0 Å². The van der Waals surface area contributed by atoms with Crippen molar-refractivity contribution >= 4 is 28.9 Å². The van der Waals surface area contributed by atoms with E-state index >= 15 is 0 Å². The number of aromatic nitrogens is 1. The molecule has 2 N–H and O–H groups in total. The number of pyridine rings is 1. The largest absolute Gasteiger partial charge is 0.478 e. The number of anilines is 1. The number of hydrogen-bond acceptors (Lipinski definition) is 4. The van der Waals surface area contributed by atoms with Gasteiger partial charge < -0.3 is 10.4 Å². The monoisotopic (exact) mass is 324 g/mol. The van der Waals surface area contributed by atoms with E-state index in [0.29, 0.717) is 16.3 Å². The first kappa shape index (κ1) is 14.9. The molecule has 3 aromatic rings. The summed E-state index contributed by atoms with van der Waals surface area (Å²) in [6.07, 6.45) is 1.58. The maximum Gasteiger partial charge on any atom is 0.335 e. The minimum absolute atomic E-state index is 0.166. The minimum Gasteiger partial charge on any atom is -0.478 e. The molecule has 6 heteroatoms. The molecular formula is C17H12N2O3S. The molecule has 0 saturated carbocycles. The third kappa shape index (κ3) is 3.44. The molecule has 0 bridgehead atoms. The van der Waals surface area contributed by atoms with Crippen LogP contribution >= 0.6 is 11.3 Å². The number of benzene rings is 1. The number of carboxylic acid groups (broad SMARTS) is 1. The second-order valence-electron chi connectivity index (χ2n) is 4.75. The predicted octanol–water partition coefficient (Wildman–Crippen LogP) is 3.76. The Balaban J connectivity index is 1.74. The zero-order valence-corrected chi connectivity index (χ0v) is 12.7. The Morgan fingerprint density at radius 1 is 1.04 bits per heavy atom. The molecule has 3 rings (SSSR count). The molecule has 0 aliphatic carbocycles. The van der Waals surface area contributed by atoms with Gasteiger partial charge in [0.1, 0.15) is 0 Å². The summed E-state index contributed by atoms with van der Waals surface area (Å²) in [4.78, 5) is 27.7. The Morgan fingerprint density at radius 3 is 2.39 bits per heavy atom. The van der Waals surface area contributed by atoms with Crippen molar-refractivity contribution in [1.29, 1.82) is 0 Å². The lowest BCUT2D eigenvalue weighted by molar-refractivity contribution is 0.0696. The van der Waals surface area contributed by atoms with Crippen molar-refractivity contribution in [2.24, 2.45) is 0 Å². The summed E-state index contributed by atoms with van der Waals surface area (Å²) in [5.41, 5.74) is 2.35. The number of nitrogens with one attached hydrogen (secondary N) is 1. The SMILES string of the molecule is O=C(O)c1ccc(-c2ccc(NC(=O)c3cccs3)cn2)cc1. The average molecular weight is 324 g/mol. The number of carboxylic acids is 1. The van der Waals surface area contributed by atoms with Crippen molar-refractivity contribution < 1.29 is 14.7 Å². The summed E-state index contributed by atoms with van der Waals surface area (Å²) in [6, 6.07) is 13.6. The van der Waals surface area contributed by atoms with Gasteiger partial charge in [-0.3, -0.25) is 9.78 Å². The van der Waals surface area contributed by atoms with Gasteiger partial charge in [0.2, 0.25) is 0 Å². The van der Waals surface area contributed by atoms with Crippen LogP contribution in [0.3, 0.4) is 0 Å². The molecule has 0 aliphatic rings. The van der Waals surface area contributed by atoms with Crippen LogP contribution in [0.15, 0.2) is 60.1 Å². The van der Waals surface area contributed by atoms with Gasteiger partial charge in [-0.05, 0) is 35.7 Å². The van der Waals surface area contributed by atoms with E-state index < -0.39 is 5.97 Å². The number of carbonyl (C=O) groups excluding carboxylic acids is 1. The van der Waals surface area contributed by atoms with Crippen molar-refractivity contribution in [1.82, 2.24) is 4.98 Å². The van der Waals surface area contributed by atoms with Gasteiger partial charge in [-0.25, -0.2) is 4.79 Å². The van der Waals surface area contributed by atoms with E-state index in [2.05, 4.69) is 10.3 Å². The highest BCUT2D eigenvalue weighted by molar-refractivity contribution is 7.12. The molecule has 0 spiro atoms. The van der Waals surface area contributed by atoms with E-state index in [9.17, 15) is 9.59 Å². The van der Waals surface area contributed by atoms with Crippen molar-refractivity contribution in [3.63, 3.8) is 0 Å². The highest BCUT2D eigenvalue weighted by Gasteiger charge is 2.08. The fourth-order valence-electron chi connectivity index (χ4n) is 2.02. The summed E-state index contributed by atoms with van der Waals surface area (Å²) in [7, 11) is 0. The highest BCUT2D eigenvalue weighted by atomic mass is 32.1. The molecule has 2 aromatic heterocycles. The summed E-state index contributed by atoms with van der Waals surface area (Å²) in [5, 5.41) is 13.5. The van der Waals surface area contributed by atoms with E-state index in [4.69, 9.17) is 5.11 Å². The van der Waals surface area contributed by atoms with Gasteiger partial charge in [0.25, 0.3) is 5.91 Å². The lowest BCUT2D eigenvalue weighted by Crippen LogP contribution is -2.10. The molecule has 114 valence electrons. The first-order valence-corrected chi connectivity index (χ1v) is 7.66. The lowest BCUT2D eigenvalue weighted by atomic mass is 10.1. The van der Waals surface area contributed by atoms with Gasteiger partial charge in [-0.15, -0.1) is 11.3 Å². The van der Waals surface area contributed by atoms with Crippen molar-refractivity contribution in [3.8, 4) is 11.3 Å². The molecule has 0 atom stereocenters. The minimum atomic E-state index is -0.962. The molecule has 2 heterocycles. The lowest BCUT2D eigenvalue weighted by Gasteiger charge is -2.05. The smallest absolute Gasteiger partial charge is 0.335 e. The molecule has 5 nitrogen and oxygen atoms in total. The van der Waals surface area contributed by atoms with Crippen molar-refractivity contribution in [3.05, 3.63) is 70.5 Å². The molecule has 0 unspecified atom stereocenters. The number of rotatable bonds is 4. The predicted molar refractivity (Wildman–Crippen MR) is 88.9 cm³/mol. The van der Waals surface area contributed by atoms with Gasteiger partial charge >= 0.3 is 5.97 Å². The fraction of sp³-hybridized carbons (Fsp3) is 0. The van der Waals surface area contributed by atoms with Crippen molar-refractivity contribution in [2.45, 2.75) is 0 Å². The second kappa shape index (κ2) is 6.41. The Hall–Kier alpha value is -2.99. The van der Waals surface area contributed by atoms with Crippen LogP contribution in [0.25, 0.3) is 11.3 Å². The van der Waals surface area contributed by atoms with Crippen molar-refractivity contribution in [2.75, 3.05) is 5.32 Å². The van der Waals surface area contributed by atoms with E-state index in [1.54, 1.807) is 36.5 Å². The Morgan fingerprint density at radius 2 is 1.83 bits per heavy atom. The third-order valence-corrected chi connectivity index (χ3v) is 4.06. The molecule has 0 aliphatic heterocycles. The normalized spacial score (nSPS) is 10.3. The molecular weight excluding hydrogens is 312 g/mol. The number of carbonyl (C=O) groups is 2. The summed E-state index contributed by atoms with van der Waals surface area (Å²) < 4.78 is 0. The van der Waals surface area contributed by atoms with E-state index in [0.717, 1.165) is 5.56 Å². The van der Waals surface area contributed by atoms with Gasteiger partial charge in [0, 0.05) is 5.56 Å². The molecule has 1 aromatic carbocycles. The number of thiophene rings is 1. The van der Waals surface area contributed by atoms with E-state index in [-0.39, 0.29) is 11.5 Å². The van der Waals surface area contributed by atoms with Gasteiger partial charge in [-0.1, -0.05) is 18.2 Å². The van der Waals surface area contributed by atoms with E-state index in [1.807, 2.05) is 11.4 Å².